The van der Waals surface area contributed by atoms with Crippen LogP contribution in [0.3, 0.4) is 0 Å². The van der Waals surface area contributed by atoms with Gasteiger partial charge in [0.2, 0.25) is 5.91 Å². The van der Waals surface area contributed by atoms with Crippen molar-refractivity contribution in [3.8, 4) is 5.75 Å². The van der Waals surface area contributed by atoms with Crippen LogP contribution in [-0.4, -0.2) is 66.1 Å². The molecule has 1 aromatic carbocycles. The van der Waals surface area contributed by atoms with Crippen LogP contribution in [0.2, 0.25) is 0 Å². The molecule has 1 aromatic heterocycles. The van der Waals surface area contributed by atoms with Gasteiger partial charge < -0.3 is 25.4 Å². The molecular weight excluding hydrogens is 470 g/mol. The Morgan fingerprint density at radius 1 is 1.14 bits per heavy atom. The molecule has 0 spiro atoms. The fourth-order valence-electron chi connectivity index (χ4n) is 4.26. The molecule has 36 heavy (non-hydrogen) atoms. The third kappa shape index (κ3) is 8.29. The first-order chi connectivity index (χ1) is 17.3. The minimum atomic E-state index is -1.79. The number of hydrogen-bond donors (Lipinski definition) is 4. The Labute approximate surface area is 208 Å². The Morgan fingerprint density at radius 2 is 1.92 bits per heavy atom. The second kappa shape index (κ2) is 13.5. The molecule has 12 heteroatoms. The van der Waals surface area contributed by atoms with E-state index in [9.17, 15) is 14.4 Å². The molecule has 4 N–H and O–H groups in total. The maximum Gasteiger partial charge on any atom is 0.333 e. The van der Waals surface area contributed by atoms with Crippen LogP contribution in [0.25, 0.3) is 0 Å². The number of aliphatic hydroxyl groups excluding tert-OH is 1. The van der Waals surface area contributed by atoms with E-state index in [2.05, 4.69) is 25.5 Å². The molecule has 2 aromatic rings. The third-order valence-electron chi connectivity index (χ3n) is 6.17. The second-order valence-electron chi connectivity index (χ2n) is 8.96. The van der Waals surface area contributed by atoms with Crippen LogP contribution in [-0.2, 0) is 27.2 Å². The van der Waals surface area contributed by atoms with Crippen molar-refractivity contribution in [2.45, 2.75) is 82.8 Å². The summed E-state index contributed by atoms with van der Waals surface area (Å²) in [5.74, 6) is -0.877. The summed E-state index contributed by atoms with van der Waals surface area (Å²) in [4.78, 5) is 30.8. The number of carboxylic acid groups (broad SMARTS) is 2. The normalized spacial score (nSPS) is 16.2. The van der Waals surface area contributed by atoms with Crippen molar-refractivity contribution >= 4 is 23.5 Å². The number of aliphatic carboxylic acids is 2. The van der Waals surface area contributed by atoms with Gasteiger partial charge in [-0.25, -0.2) is 9.48 Å². The fourth-order valence-corrected chi connectivity index (χ4v) is 4.26. The standard InChI is InChI=1S/C20H27N5O2.C4H6O5/c26-20-12-9-15-14-17(10-11-18(15)21-20)27-13-5-4-8-19-22-23-24-25(19)16-6-2-1-3-7-16;5-2(4(8)9)1-3(6)7/h10-11,14,16H,1-9,12-13H2,(H,21,26);2,5H,1H2,(H,6,7)(H,8,9). The molecule has 1 saturated carbocycles. The molecule has 196 valence electrons. The Kier molecular flexibility index (Phi) is 10.2. The third-order valence-corrected chi connectivity index (χ3v) is 6.17. The number of nitrogens with one attached hydrogen (secondary N) is 1. The zero-order chi connectivity index (χ0) is 25.9. The first-order valence-corrected chi connectivity index (χ1v) is 12.3. The van der Waals surface area contributed by atoms with Crippen LogP contribution in [0.15, 0.2) is 18.2 Å². The van der Waals surface area contributed by atoms with Gasteiger partial charge in [0.1, 0.15) is 5.75 Å². The van der Waals surface area contributed by atoms with Crippen LogP contribution >= 0.6 is 0 Å². The monoisotopic (exact) mass is 503 g/mol. The van der Waals surface area contributed by atoms with Crippen molar-refractivity contribution in [3.05, 3.63) is 29.6 Å². The van der Waals surface area contributed by atoms with E-state index in [1.807, 2.05) is 18.2 Å². The molecule has 1 unspecified atom stereocenters. The zero-order valence-electron chi connectivity index (χ0n) is 20.1. The van der Waals surface area contributed by atoms with Gasteiger partial charge in [-0.15, -0.1) is 5.10 Å². The van der Waals surface area contributed by atoms with Crippen molar-refractivity contribution in [1.29, 1.82) is 0 Å². The number of aryl methyl sites for hydroxylation is 2. The van der Waals surface area contributed by atoms with Gasteiger partial charge in [-0.3, -0.25) is 9.59 Å². The lowest BCUT2D eigenvalue weighted by molar-refractivity contribution is -0.152. The van der Waals surface area contributed by atoms with Crippen molar-refractivity contribution in [3.63, 3.8) is 0 Å². The highest BCUT2D eigenvalue weighted by Gasteiger charge is 2.20. The van der Waals surface area contributed by atoms with Crippen LogP contribution in [0.5, 0.6) is 5.75 Å². The molecule has 12 nitrogen and oxygen atoms in total. The number of carbonyl (C=O) groups is 3. The topological polar surface area (TPSA) is 177 Å². The highest BCUT2D eigenvalue weighted by molar-refractivity contribution is 5.94. The lowest BCUT2D eigenvalue weighted by Gasteiger charge is -2.22. The molecule has 4 rings (SSSR count). The van der Waals surface area contributed by atoms with Crippen molar-refractivity contribution in [2.75, 3.05) is 11.9 Å². The van der Waals surface area contributed by atoms with E-state index in [0.717, 1.165) is 48.5 Å². The number of carbonyl (C=O) groups excluding carboxylic acids is 1. The molecule has 1 aliphatic carbocycles. The van der Waals surface area contributed by atoms with Gasteiger partial charge in [-0.05, 0) is 66.3 Å². The number of hydrogen-bond acceptors (Lipinski definition) is 8. The Balaban J connectivity index is 0.000000345. The van der Waals surface area contributed by atoms with Gasteiger partial charge in [0.05, 0.1) is 19.1 Å². The summed E-state index contributed by atoms with van der Waals surface area (Å²) in [6, 6.07) is 6.38. The van der Waals surface area contributed by atoms with E-state index in [0.29, 0.717) is 19.1 Å². The summed E-state index contributed by atoms with van der Waals surface area (Å²) < 4.78 is 7.95. The largest absolute Gasteiger partial charge is 0.494 e. The smallest absolute Gasteiger partial charge is 0.333 e. The number of tetrazole rings is 1. The van der Waals surface area contributed by atoms with E-state index in [1.54, 1.807) is 0 Å². The van der Waals surface area contributed by atoms with E-state index < -0.39 is 24.5 Å². The first-order valence-electron chi connectivity index (χ1n) is 12.3. The van der Waals surface area contributed by atoms with E-state index in [1.165, 1.54) is 32.1 Å². The number of ether oxygens (including phenoxy) is 1. The number of amides is 1. The van der Waals surface area contributed by atoms with Crippen LogP contribution in [0.1, 0.15) is 75.2 Å². The number of nitrogens with zero attached hydrogens (tertiary/aromatic N) is 4. The molecule has 1 fully saturated rings. The van der Waals surface area contributed by atoms with Gasteiger partial charge in [0, 0.05) is 18.5 Å². The number of unbranched alkanes of at least 4 members (excludes halogenated alkanes) is 1. The van der Waals surface area contributed by atoms with E-state index in [-0.39, 0.29) is 5.91 Å². The van der Waals surface area contributed by atoms with Crippen LogP contribution in [0, 0.1) is 0 Å². The maximum atomic E-state index is 11.4. The predicted octanol–water partition coefficient (Wildman–Crippen LogP) is 2.37. The summed E-state index contributed by atoms with van der Waals surface area (Å²) in [7, 11) is 0. The SMILES string of the molecule is O=C(O)CC(O)C(=O)O.O=C1CCc2cc(OCCCCc3nnnn3C3CCCCC3)ccc2N1. The second-order valence-corrected chi connectivity index (χ2v) is 8.96. The molecule has 0 bridgehead atoms. The number of carboxylic acids is 2. The number of benzene rings is 1. The number of rotatable bonds is 10. The summed E-state index contributed by atoms with van der Waals surface area (Å²) >= 11 is 0. The molecular formula is C24H33N5O7. The molecule has 1 atom stereocenters. The van der Waals surface area contributed by atoms with Crippen LogP contribution in [0.4, 0.5) is 5.69 Å². The number of anilines is 1. The Hall–Kier alpha value is -3.54. The highest BCUT2D eigenvalue weighted by Crippen LogP contribution is 2.28. The molecule has 0 saturated heterocycles. The lowest BCUT2D eigenvalue weighted by atomic mass is 9.95. The summed E-state index contributed by atoms with van der Waals surface area (Å²) in [6.07, 6.45) is 7.93. The van der Waals surface area contributed by atoms with Crippen molar-refractivity contribution < 1.29 is 34.4 Å². The van der Waals surface area contributed by atoms with Gasteiger partial charge in [0.25, 0.3) is 0 Å². The van der Waals surface area contributed by atoms with E-state index in [4.69, 9.17) is 20.1 Å². The fraction of sp³-hybridized carbons (Fsp3) is 0.583. The molecule has 2 heterocycles. The molecule has 1 amide bonds. The number of fused-ring (bicyclic) bond motifs is 1. The zero-order valence-corrected chi connectivity index (χ0v) is 20.1. The summed E-state index contributed by atoms with van der Waals surface area (Å²) in [5.41, 5.74) is 2.06. The van der Waals surface area contributed by atoms with Crippen molar-refractivity contribution in [2.24, 2.45) is 0 Å². The van der Waals surface area contributed by atoms with Gasteiger partial charge >= 0.3 is 11.9 Å². The predicted molar refractivity (Wildman–Crippen MR) is 128 cm³/mol. The average Bonchev–Trinajstić information content (AvgIpc) is 3.33. The average molecular weight is 504 g/mol. The minimum Gasteiger partial charge on any atom is -0.494 e. The van der Waals surface area contributed by atoms with Crippen molar-refractivity contribution in [1.82, 2.24) is 20.2 Å². The number of aliphatic hydroxyl groups is 1. The number of aromatic nitrogens is 4. The van der Waals surface area contributed by atoms with Gasteiger partial charge in [-0.2, -0.15) is 0 Å². The van der Waals surface area contributed by atoms with E-state index >= 15 is 0 Å². The molecule has 0 radical (unpaired) electrons. The Bertz CT molecular complexity index is 1040. The highest BCUT2D eigenvalue weighted by atomic mass is 16.5. The molecule has 2 aliphatic rings. The summed E-state index contributed by atoms with van der Waals surface area (Å²) in [6.45, 7) is 0.677. The lowest BCUT2D eigenvalue weighted by Crippen LogP contribution is -2.22. The van der Waals surface area contributed by atoms with Gasteiger partial charge in [-0.1, -0.05) is 19.3 Å². The van der Waals surface area contributed by atoms with Gasteiger partial charge in [0.15, 0.2) is 11.9 Å². The quantitative estimate of drug-likeness (QED) is 0.352. The Morgan fingerprint density at radius 3 is 2.61 bits per heavy atom. The first kappa shape index (κ1) is 27.1. The van der Waals surface area contributed by atoms with Crippen LogP contribution < -0.4 is 10.1 Å². The minimum absolute atomic E-state index is 0.0896. The molecule has 1 aliphatic heterocycles. The summed E-state index contributed by atoms with van der Waals surface area (Å²) in [5, 5.41) is 39.4. The maximum absolute atomic E-state index is 11.4.